The van der Waals surface area contributed by atoms with E-state index in [0.29, 0.717) is 0 Å². The van der Waals surface area contributed by atoms with Crippen LogP contribution in [-0.4, -0.2) is 29.4 Å². The van der Waals surface area contributed by atoms with Gasteiger partial charge in [0.15, 0.2) is 0 Å². The van der Waals surface area contributed by atoms with E-state index in [1.807, 2.05) is 0 Å². The number of rotatable bonds is 0. The van der Waals surface area contributed by atoms with Crippen LogP contribution in [0, 0.1) is 0 Å². The molecular weight excluding hydrogens is 232 g/mol. The van der Waals surface area contributed by atoms with E-state index in [1.165, 1.54) is 0 Å². The molecule has 1 aliphatic heterocycles. The molecule has 4 heteroatoms. The van der Waals surface area contributed by atoms with Crippen molar-refractivity contribution in [1.82, 2.24) is 0 Å². The Kier molecular flexibility index (Phi) is 2.94. The van der Waals surface area contributed by atoms with Crippen LogP contribution in [0.25, 0.3) is 0 Å². The van der Waals surface area contributed by atoms with Crippen molar-refractivity contribution in [3.8, 4) is 0 Å². The lowest BCUT2D eigenvalue weighted by molar-refractivity contribution is 1.30. The Balaban J connectivity index is 3.20. The average Bonchev–Trinajstić information content (AvgIpc) is 1.98. The van der Waals surface area contributed by atoms with E-state index in [2.05, 4.69) is 52.4 Å². The lowest BCUT2D eigenvalue weighted by atomic mass is 10.9. The van der Waals surface area contributed by atoms with Crippen molar-refractivity contribution in [3.63, 3.8) is 0 Å². The molecule has 0 N–H and O–H groups in total. The highest BCUT2D eigenvalue weighted by atomic mass is 29.8. The Morgan fingerprint density at radius 1 is 0.500 bits per heavy atom. The second-order valence-corrected chi connectivity index (χ2v) is 48.7. The zero-order chi connectivity index (χ0) is 11.4. The third kappa shape index (κ3) is 1.49. The van der Waals surface area contributed by atoms with Crippen LogP contribution in [0.3, 0.4) is 0 Å². The predicted molar refractivity (Wildman–Crippen MR) is 79.5 cm³/mol. The maximum atomic E-state index is 2.75. The van der Waals surface area contributed by atoms with Gasteiger partial charge in [-0.05, 0) is 0 Å². The molecule has 0 aromatic rings. The van der Waals surface area contributed by atoms with Crippen LogP contribution in [0.4, 0.5) is 0 Å². The fourth-order valence-electron chi connectivity index (χ4n) is 2.94. The SMILES string of the molecule is C[Si]1(C)CC[Si](C)(C)[Si](C)(C)[Si]1(C)C. The molecule has 0 atom stereocenters. The van der Waals surface area contributed by atoms with Gasteiger partial charge >= 0.3 is 0 Å². The summed E-state index contributed by atoms with van der Waals surface area (Å²) in [6.07, 6.45) is 0. The summed E-state index contributed by atoms with van der Waals surface area (Å²) >= 11 is 0. The second kappa shape index (κ2) is 3.18. The van der Waals surface area contributed by atoms with Gasteiger partial charge in [-0.15, -0.1) is 0 Å². The van der Waals surface area contributed by atoms with Crippen LogP contribution in [0.15, 0.2) is 0 Å². The van der Waals surface area contributed by atoms with Gasteiger partial charge in [-0.25, -0.2) is 0 Å². The molecule has 1 rings (SSSR count). The van der Waals surface area contributed by atoms with Crippen molar-refractivity contribution in [3.05, 3.63) is 0 Å². The minimum atomic E-state index is -0.842. The Hall–Kier alpha value is 0.868. The highest BCUT2D eigenvalue weighted by molar-refractivity contribution is 7.84. The van der Waals surface area contributed by atoms with Gasteiger partial charge in [-0.2, -0.15) is 0 Å². The summed E-state index contributed by atoms with van der Waals surface area (Å²) in [7, 11) is -3.30. The topological polar surface area (TPSA) is 0 Å². The first kappa shape index (κ1) is 12.9. The fraction of sp³-hybridized carbons (Fsp3) is 1.00. The summed E-state index contributed by atoms with van der Waals surface area (Å²) in [6, 6.07) is 3.31. The molecule has 0 amide bonds. The maximum absolute atomic E-state index is 2.75. The summed E-state index contributed by atoms with van der Waals surface area (Å²) in [5.74, 6) is 0. The Morgan fingerprint density at radius 2 is 0.714 bits per heavy atom. The molecule has 0 nitrogen and oxygen atoms in total. The molecule has 0 aromatic carbocycles. The van der Waals surface area contributed by atoms with Crippen molar-refractivity contribution in [1.29, 1.82) is 0 Å². The summed E-state index contributed by atoms with van der Waals surface area (Å²) in [5, 5.41) is 0. The summed E-state index contributed by atoms with van der Waals surface area (Å²) in [5.41, 5.74) is 0. The van der Waals surface area contributed by atoms with E-state index in [1.54, 1.807) is 12.1 Å². The first-order valence-electron chi connectivity index (χ1n) is 5.96. The molecule has 0 saturated carbocycles. The lowest BCUT2D eigenvalue weighted by Crippen LogP contribution is -2.82. The molecule has 1 heterocycles. The highest BCUT2D eigenvalue weighted by Gasteiger charge is 2.61. The molecule has 0 aliphatic carbocycles. The number of hydrogen-bond donors (Lipinski definition) is 0. The summed E-state index contributed by atoms with van der Waals surface area (Å²) < 4.78 is 0. The van der Waals surface area contributed by atoms with Gasteiger partial charge in [0.2, 0.25) is 0 Å². The van der Waals surface area contributed by atoms with Crippen LogP contribution < -0.4 is 0 Å². The van der Waals surface area contributed by atoms with Crippen LogP contribution in [0.2, 0.25) is 64.5 Å². The van der Waals surface area contributed by atoms with Gasteiger partial charge in [0.1, 0.15) is 0 Å². The van der Waals surface area contributed by atoms with Crippen LogP contribution in [0.5, 0.6) is 0 Å². The van der Waals surface area contributed by atoms with Gasteiger partial charge in [0.25, 0.3) is 0 Å². The van der Waals surface area contributed by atoms with E-state index in [0.717, 1.165) is 0 Å². The highest BCUT2D eigenvalue weighted by Crippen LogP contribution is 2.44. The average molecular weight is 261 g/mol. The van der Waals surface area contributed by atoms with Crippen LogP contribution in [-0.2, 0) is 0 Å². The molecule has 14 heavy (non-hydrogen) atoms. The standard InChI is InChI=1S/C10H28Si4/c1-11(2)9-10-12(3,4)14(7,8)13(11,5)6/h9-10H2,1-8H3. The van der Waals surface area contributed by atoms with Crippen LogP contribution in [0.1, 0.15) is 0 Å². The second-order valence-electron chi connectivity index (χ2n) is 7.52. The smallest absolute Gasteiger partial charge is 0.0381 e. The largest absolute Gasteiger partial charge is 0.0733 e. The van der Waals surface area contributed by atoms with Crippen molar-refractivity contribution < 1.29 is 0 Å². The third-order valence-electron chi connectivity index (χ3n) is 6.32. The molecular formula is C10H28Si4. The van der Waals surface area contributed by atoms with Gasteiger partial charge < -0.3 is 0 Å². The molecule has 84 valence electrons. The van der Waals surface area contributed by atoms with Gasteiger partial charge in [-0.3, -0.25) is 0 Å². The molecule has 0 spiro atoms. The van der Waals surface area contributed by atoms with Gasteiger partial charge in [-0.1, -0.05) is 64.5 Å². The van der Waals surface area contributed by atoms with Crippen molar-refractivity contribution >= 4 is 29.4 Å². The molecule has 1 saturated heterocycles. The van der Waals surface area contributed by atoms with E-state index < -0.39 is 29.4 Å². The lowest BCUT2D eigenvalue weighted by Gasteiger charge is -2.60. The molecule has 1 aliphatic rings. The predicted octanol–water partition coefficient (Wildman–Crippen LogP) is 4.07. The zero-order valence-corrected chi connectivity index (χ0v) is 15.4. The maximum Gasteiger partial charge on any atom is 0.0381 e. The van der Waals surface area contributed by atoms with Crippen molar-refractivity contribution in [2.24, 2.45) is 0 Å². The van der Waals surface area contributed by atoms with Gasteiger partial charge in [0, 0.05) is 29.4 Å². The van der Waals surface area contributed by atoms with E-state index in [9.17, 15) is 0 Å². The molecule has 0 aromatic heterocycles. The van der Waals surface area contributed by atoms with E-state index in [-0.39, 0.29) is 0 Å². The van der Waals surface area contributed by atoms with E-state index >= 15 is 0 Å². The van der Waals surface area contributed by atoms with Crippen molar-refractivity contribution in [2.75, 3.05) is 0 Å². The Bertz CT molecular complexity index is 215. The van der Waals surface area contributed by atoms with Gasteiger partial charge in [0.05, 0.1) is 0 Å². The minimum Gasteiger partial charge on any atom is -0.0733 e. The Labute approximate surface area is 93.9 Å². The summed E-state index contributed by atoms with van der Waals surface area (Å²) in [4.78, 5) is 0. The molecule has 1 fully saturated rings. The molecule has 0 bridgehead atoms. The number of hydrogen-bond acceptors (Lipinski definition) is 0. The molecule has 0 radical (unpaired) electrons. The zero-order valence-electron chi connectivity index (χ0n) is 11.4. The monoisotopic (exact) mass is 260 g/mol. The third-order valence-corrected chi connectivity index (χ3v) is 76.6. The fourth-order valence-corrected chi connectivity index (χ4v) is 79.7. The van der Waals surface area contributed by atoms with Crippen molar-refractivity contribution in [2.45, 2.75) is 64.5 Å². The quantitative estimate of drug-likeness (QED) is 0.576. The first-order valence-corrected chi connectivity index (χ1v) is 21.4. The Morgan fingerprint density at radius 3 is 0.929 bits per heavy atom. The molecule has 0 unspecified atom stereocenters. The first-order chi connectivity index (χ1) is 5.96. The summed E-state index contributed by atoms with van der Waals surface area (Å²) in [6.45, 7) is 21.8. The van der Waals surface area contributed by atoms with E-state index in [4.69, 9.17) is 0 Å². The van der Waals surface area contributed by atoms with Crippen LogP contribution >= 0.6 is 0 Å². The normalized spacial score (nSPS) is 32.6. The minimum absolute atomic E-state index is 0.807.